The van der Waals surface area contributed by atoms with Crippen LogP contribution >= 0.6 is 0 Å². The van der Waals surface area contributed by atoms with Gasteiger partial charge in [0, 0.05) is 24.8 Å². The molecule has 0 aromatic heterocycles. The summed E-state index contributed by atoms with van der Waals surface area (Å²) < 4.78 is 28.1. The van der Waals surface area contributed by atoms with Gasteiger partial charge in [0.05, 0.1) is 11.5 Å². The smallest absolute Gasteiger partial charge is 0.238 e. The lowest BCUT2D eigenvalue weighted by molar-refractivity contribution is 0.187. The Kier molecular flexibility index (Phi) is 3.89. The largest absolute Gasteiger partial charge is 0.385 e. The van der Waals surface area contributed by atoms with Gasteiger partial charge in [0.15, 0.2) is 0 Å². The van der Waals surface area contributed by atoms with Crippen LogP contribution in [-0.4, -0.2) is 28.2 Å². The topological polar surface area (TPSA) is 81.4 Å². The molecule has 0 aliphatic carbocycles. The molecule has 2 rings (SSSR count). The van der Waals surface area contributed by atoms with Crippen LogP contribution in [0.5, 0.6) is 0 Å². The van der Waals surface area contributed by atoms with Gasteiger partial charge < -0.3 is 10.1 Å². The summed E-state index contributed by atoms with van der Waals surface area (Å²) in [6.07, 6.45) is 1.04. The van der Waals surface area contributed by atoms with Crippen LogP contribution in [0.2, 0.25) is 0 Å². The molecule has 1 heterocycles. The molecule has 1 fully saturated rings. The fraction of sp³-hybridized carbons (Fsp3) is 0.500. The molecule has 18 heavy (non-hydrogen) atoms. The molecule has 1 saturated heterocycles. The number of hydrogen-bond acceptors (Lipinski definition) is 4. The highest BCUT2D eigenvalue weighted by atomic mass is 32.2. The Balaban J connectivity index is 2.09. The van der Waals surface area contributed by atoms with Gasteiger partial charge in [0.25, 0.3) is 0 Å². The molecule has 0 bridgehead atoms. The second kappa shape index (κ2) is 5.26. The average Bonchev–Trinajstić information content (AvgIpc) is 2.79. The highest BCUT2D eigenvalue weighted by Gasteiger charge is 2.16. The normalized spacial score (nSPS) is 20.0. The maximum Gasteiger partial charge on any atom is 0.238 e. The van der Waals surface area contributed by atoms with Crippen LogP contribution in [0.3, 0.4) is 0 Å². The van der Waals surface area contributed by atoms with Crippen LogP contribution in [-0.2, 0) is 14.8 Å². The summed E-state index contributed by atoms with van der Waals surface area (Å²) in [6.45, 7) is 4.09. The van der Waals surface area contributed by atoms with Crippen molar-refractivity contribution >= 4 is 15.7 Å². The van der Waals surface area contributed by atoms with Crippen LogP contribution in [0, 0.1) is 12.8 Å². The summed E-state index contributed by atoms with van der Waals surface area (Å²) >= 11 is 0. The van der Waals surface area contributed by atoms with Gasteiger partial charge in [-0.2, -0.15) is 0 Å². The first-order valence-corrected chi connectivity index (χ1v) is 7.46. The zero-order valence-electron chi connectivity index (χ0n) is 10.3. The zero-order chi connectivity index (χ0) is 13.2. The Morgan fingerprint density at radius 1 is 1.50 bits per heavy atom. The fourth-order valence-electron chi connectivity index (χ4n) is 2.02. The van der Waals surface area contributed by atoms with Crippen LogP contribution < -0.4 is 10.5 Å². The molecular formula is C12H18N2O3S. The van der Waals surface area contributed by atoms with Crippen molar-refractivity contribution < 1.29 is 13.2 Å². The Labute approximate surface area is 107 Å². The molecule has 100 valence electrons. The van der Waals surface area contributed by atoms with Crippen molar-refractivity contribution in [1.82, 2.24) is 0 Å². The number of sulfonamides is 1. The third-order valence-corrected chi connectivity index (χ3v) is 4.17. The third kappa shape index (κ3) is 3.22. The Morgan fingerprint density at radius 3 is 2.89 bits per heavy atom. The molecule has 1 aliphatic rings. The Bertz CT molecular complexity index is 522. The second-order valence-electron chi connectivity index (χ2n) is 4.64. The molecule has 1 aromatic rings. The van der Waals surface area contributed by atoms with Gasteiger partial charge >= 0.3 is 0 Å². The van der Waals surface area contributed by atoms with Gasteiger partial charge in [-0.25, -0.2) is 13.6 Å². The van der Waals surface area contributed by atoms with Crippen molar-refractivity contribution in [1.29, 1.82) is 0 Å². The molecule has 1 aliphatic heterocycles. The second-order valence-corrected chi connectivity index (χ2v) is 6.17. The molecule has 0 saturated carbocycles. The van der Waals surface area contributed by atoms with Crippen LogP contribution in [0.4, 0.5) is 5.69 Å². The number of nitrogens with two attached hydrogens (primary N) is 1. The monoisotopic (exact) mass is 270 g/mol. The third-order valence-electron chi connectivity index (χ3n) is 3.11. The van der Waals surface area contributed by atoms with Gasteiger partial charge in [-0.15, -0.1) is 0 Å². The summed E-state index contributed by atoms with van der Waals surface area (Å²) in [6, 6.07) is 5.20. The fourth-order valence-corrected chi connectivity index (χ4v) is 2.83. The standard InChI is InChI=1S/C12H18N2O3S/c1-9-2-3-11(6-12(9)18(13,15)16)14-7-10-4-5-17-8-10/h2-3,6,10,14H,4-5,7-8H2,1H3,(H2,13,15,16). The average molecular weight is 270 g/mol. The van der Waals surface area contributed by atoms with Crippen LogP contribution in [0.15, 0.2) is 23.1 Å². The molecule has 3 N–H and O–H groups in total. The van der Waals surface area contributed by atoms with Gasteiger partial charge in [0.2, 0.25) is 10.0 Å². The molecule has 5 nitrogen and oxygen atoms in total. The SMILES string of the molecule is Cc1ccc(NCC2CCOC2)cc1S(N)(=O)=O. The van der Waals surface area contributed by atoms with E-state index in [1.807, 2.05) is 6.07 Å². The molecular weight excluding hydrogens is 252 g/mol. The van der Waals surface area contributed by atoms with E-state index < -0.39 is 10.0 Å². The number of nitrogens with one attached hydrogen (secondary N) is 1. The molecule has 1 aromatic carbocycles. The quantitative estimate of drug-likeness (QED) is 0.858. The van der Waals surface area contributed by atoms with Gasteiger partial charge in [-0.1, -0.05) is 6.07 Å². The highest BCUT2D eigenvalue weighted by Crippen LogP contribution is 2.20. The van der Waals surface area contributed by atoms with Gasteiger partial charge in [-0.05, 0) is 31.0 Å². The Morgan fingerprint density at radius 2 is 2.28 bits per heavy atom. The number of hydrogen-bond donors (Lipinski definition) is 2. The van der Waals surface area contributed by atoms with Crippen molar-refractivity contribution in [3.63, 3.8) is 0 Å². The summed E-state index contributed by atoms with van der Waals surface area (Å²) in [5.41, 5.74) is 1.43. The van der Waals surface area contributed by atoms with Gasteiger partial charge in [-0.3, -0.25) is 0 Å². The first-order valence-electron chi connectivity index (χ1n) is 5.92. The maximum atomic E-state index is 11.4. The molecule has 0 spiro atoms. The molecule has 1 unspecified atom stereocenters. The number of anilines is 1. The minimum absolute atomic E-state index is 0.176. The van der Waals surface area contributed by atoms with E-state index in [4.69, 9.17) is 9.88 Å². The van der Waals surface area contributed by atoms with Crippen LogP contribution in [0.25, 0.3) is 0 Å². The van der Waals surface area contributed by atoms with Crippen molar-refractivity contribution in [2.45, 2.75) is 18.2 Å². The maximum absolute atomic E-state index is 11.4. The zero-order valence-corrected chi connectivity index (χ0v) is 11.2. The van der Waals surface area contributed by atoms with E-state index in [1.165, 1.54) is 0 Å². The van der Waals surface area contributed by atoms with E-state index >= 15 is 0 Å². The van der Waals surface area contributed by atoms with E-state index in [0.717, 1.165) is 31.9 Å². The van der Waals surface area contributed by atoms with E-state index in [1.54, 1.807) is 19.1 Å². The molecule has 0 radical (unpaired) electrons. The van der Waals surface area contributed by atoms with Crippen molar-refractivity contribution in [2.75, 3.05) is 25.1 Å². The van der Waals surface area contributed by atoms with E-state index in [0.29, 0.717) is 11.5 Å². The molecule has 0 amide bonds. The number of aryl methyl sites for hydroxylation is 1. The number of ether oxygens (including phenoxy) is 1. The predicted molar refractivity (Wildman–Crippen MR) is 70.0 cm³/mol. The van der Waals surface area contributed by atoms with E-state index in [-0.39, 0.29) is 4.90 Å². The first-order chi connectivity index (χ1) is 8.47. The molecule has 1 atom stereocenters. The van der Waals surface area contributed by atoms with Crippen LogP contribution in [0.1, 0.15) is 12.0 Å². The first kappa shape index (κ1) is 13.3. The number of benzene rings is 1. The van der Waals surface area contributed by atoms with E-state index in [2.05, 4.69) is 5.32 Å². The lowest BCUT2D eigenvalue weighted by Crippen LogP contribution is -2.16. The lowest BCUT2D eigenvalue weighted by Gasteiger charge is -2.12. The summed E-state index contributed by atoms with van der Waals surface area (Å²) in [7, 11) is -3.66. The summed E-state index contributed by atoms with van der Waals surface area (Å²) in [5.74, 6) is 0.490. The predicted octanol–water partition coefficient (Wildman–Crippen LogP) is 1.09. The minimum atomic E-state index is -3.66. The Hall–Kier alpha value is -1.11. The highest BCUT2D eigenvalue weighted by molar-refractivity contribution is 7.89. The minimum Gasteiger partial charge on any atom is -0.385 e. The lowest BCUT2D eigenvalue weighted by atomic mass is 10.1. The van der Waals surface area contributed by atoms with Crippen molar-refractivity contribution in [3.8, 4) is 0 Å². The molecule has 6 heteroatoms. The number of primary sulfonamides is 1. The van der Waals surface area contributed by atoms with Crippen molar-refractivity contribution in [2.24, 2.45) is 11.1 Å². The van der Waals surface area contributed by atoms with Crippen molar-refractivity contribution in [3.05, 3.63) is 23.8 Å². The van der Waals surface area contributed by atoms with E-state index in [9.17, 15) is 8.42 Å². The summed E-state index contributed by atoms with van der Waals surface area (Å²) in [5, 5.41) is 8.40. The number of rotatable bonds is 4. The van der Waals surface area contributed by atoms with Gasteiger partial charge in [0.1, 0.15) is 0 Å². The summed E-state index contributed by atoms with van der Waals surface area (Å²) in [4.78, 5) is 0.176.